The van der Waals surface area contributed by atoms with Crippen LogP contribution in [0.1, 0.15) is 42.6 Å². The van der Waals surface area contributed by atoms with Gasteiger partial charge >= 0.3 is 0 Å². The maximum Gasteiger partial charge on any atom is 0.215 e. The SMILES string of the molecule is C[C@@H](Oc1ccc(N)c(C(=[NH2+])c2ccc(N3CCC[C@@H]3CO)nc2)c1)c1c(Cl)cncc1Cl. The van der Waals surface area contributed by atoms with Crippen LogP contribution in [-0.4, -0.2) is 40.0 Å². The minimum Gasteiger partial charge on any atom is -0.486 e. The van der Waals surface area contributed by atoms with Crippen LogP contribution in [0.5, 0.6) is 5.75 Å². The Morgan fingerprint density at radius 2 is 2.00 bits per heavy atom. The lowest BCUT2D eigenvalue weighted by Gasteiger charge is -2.24. The van der Waals surface area contributed by atoms with Crippen molar-refractivity contribution in [1.29, 1.82) is 0 Å². The second-order valence-electron chi connectivity index (χ2n) is 8.02. The summed E-state index contributed by atoms with van der Waals surface area (Å²) < 4.78 is 6.09. The minimum atomic E-state index is -0.411. The summed E-state index contributed by atoms with van der Waals surface area (Å²) in [6.07, 6.45) is 6.39. The summed E-state index contributed by atoms with van der Waals surface area (Å²) >= 11 is 12.5. The van der Waals surface area contributed by atoms with E-state index in [0.29, 0.717) is 38.3 Å². The van der Waals surface area contributed by atoms with Gasteiger partial charge in [0.25, 0.3) is 0 Å². The molecule has 3 aromatic rings. The van der Waals surface area contributed by atoms with E-state index in [1.807, 2.05) is 19.1 Å². The summed E-state index contributed by atoms with van der Waals surface area (Å²) in [5.74, 6) is 1.40. The number of hydrogen-bond donors (Lipinski definition) is 3. The van der Waals surface area contributed by atoms with Crippen molar-refractivity contribution in [3.05, 3.63) is 75.7 Å². The van der Waals surface area contributed by atoms with Gasteiger partial charge in [0.05, 0.1) is 33.8 Å². The van der Waals surface area contributed by atoms with Gasteiger partial charge < -0.3 is 20.5 Å². The molecule has 0 radical (unpaired) electrons. The number of aliphatic hydroxyl groups is 1. The maximum absolute atomic E-state index is 9.57. The highest BCUT2D eigenvalue weighted by atomic mass is 35.5. The average Bonchev–Trinajstić information content (AvgIpc) is 3.29. The number of hydrogen-bond acceptors (Lipinski definition) is 6. The number of rotatable bonds is 7. The number of ether oxygens (including phenoxy) is 1. The molecule has 3 heterocycles. The molecule has 2 aromatic heterocycles. The maximum atomic E-state index is 9.57. The lowest BCUT2D eigenvalue weighted by Crippen LogP contribution is -2.41. The van der Waals surface area contributed by atoms with Crippen LogP contribution >= 0.6 is 23.2 Å². The molecule has 0 unspecified atom stereocenters. The quantitative estimate of drug-likeness (QED) is 0.349. The predicted molar refractivity (Wildman–Crippen MR) is 131 cm³/mol. The summed E-state index contributed by atoms with van der Waals surface area (Å²) in [5.41, 5.74) is 9.29. The van der Waals surface area contributed by atoms with Crippen molar-refractivity contribution in [2.24, 2.45) is 0 Å². The number of nitrogen functional groups attached to an aromatic ring is 1. The monoisotopic (exact) mass is 486 g/mol. The van der Waals surface area contributed by atoms with E-state index in [1.54, 1.807) is 24.4 Å². The van der Waals surface area contributed by atoms with E-state index >= 15 is 0 Å². The Bertz CT molecular complexity index is 1140. The van der Waals surface area contributed by atoms with E-state index in [2.05, 4.69) is 14.9 Å². The third kappa shape index (κ3) is 4.90. The van der Waals surface area contributed by atoms with Crippen LogP contribution in [0.4, 0.5) is 11.5 Å². The van der Waals surface area contributed by atoms with Crippen LogP contribution in [0.25, 0.3) is 0 Å². The standard InChI is InChI=1S/C24H25Cl2N5O2/c1-14(23-19(25)11-29-12-20(23)26)33-17-5-6-21(27)18(9-17)24(28)15-4-7-22(30-10-15)31-8-2-3-16(31)13-32/h4-7,9-12,14,16,28,32H,2-3,8,13,27H2,1H3/p+1/t14-,16-/m1/s1. The van der Waals surface area contributed by atoms with Crippen LogP contribution in [0.3, 0.4) is 0 Å². The first-order valence-electron chi connectivity index (χ1n) is 10.7. The molecule has 172 valence electrons. The molecule has 0 amide bonds. The Balaban J connectivity index is 1.54. The molecule has 1 aromatic carbocycles. The molecule has 0 saturated carbocycles. The lowest BCUT2D eigenvalue weighted by molar-refractivity contribution is -0.111. The second-order valence-corrected chi connectivity index (χ2v) is 8.83. The van der Waals surface area contributed by atoms with Crippen molar-refractivity contribution >= 4 is 40.4 Å². The zero-order chi connectivity index (χ0) is 23.5. The van der Waals surface area contributed by atoms with Crippen LogP contribution < -0.4 is 20.8 Å². The molecular formula is C24H26Cl2N5O2+. The molecule has 0 bridgehead atoms. The van der Waals surface area contributed by atoms with E-state index in [1.165, 1.54) is 12.4 Å². The van der Waals surface area contributed by atoms with Gasteiger partial charge in [0.1, 0.15) is 17.7 Å². The average molecular weight is 487 g/mol. The fourth-order valence-corrected chi connectivity index (χ4v) is 4.78. The summed E-state index contributed by atoms with van der Waals surface area (Å²) in [7, 11) is 0. The largest absolute Gasteiger partial charge is 0.486 e. The molecule has 5 N–H and O–H groups in total. The third-order valence-corrected chi connectivity index (χ3v) is 6.47. The number of aromatic nitrogens is 2. The summed E-state index contributed by atoms with van der Waals surface area (Å²) in [6, 6.07) is 9.25. The molecule has 1 fully saturated rings. The van der Waals surface area contributed by atoms with Gasteiger partial charge in [-0.25, -0.2) is 4.98 Å². The molecule has 0 spiro atoms. The van der Waals surface area contributed by atoms with Gasteiger partial charge in [-0.1, -0.05) is 23.2 Å². The Morgan fingerprint density at radius 1 is 1.24 bits per heavy atom. The van der Waals surface area contributed by atoms with E-state index in [4.69, 9.17) is 39.1 Å². The van der Waals surface area contributed by atoms with Gasteiger partial charge in [0.2, 0.25) is 5.71 Å². The molecule has 2 atom stereocenters. The van der Waals surface area contributed by atoms with Crippen molar-refractivity contribution < 1.29 is 15.3 Å². The Hall–Kier alpha value is -2.87. The Labute approximate surface area is 202 Å². The molecule has 1 saturated heterocycles. The number of nitrogens with zero attached hydrogens (tertiary/aromatic N) is 3. The molecular weight excluding hydrogens is 461 g/mol. The third-order valence-electron chi connectivity index (χ3n) is 5.87. The first-order chi connectivity index (χ1) is 15.9. The Morgan fingerprint density at radius 3 is 2.67 bits per heavy atom. The van der Waals surface area contributed by atoms with Crippen LogP contribution in [-0.2, 0) is 0 Å². The number of pyridine rings is 2. The number of nitrogens with two attached hydrogens (primary N) is 2. The van der Waals surface area contributed by atoms with Gasteiger partial charge in [0.15, 0.2) is 0 Å². The van der Waals surface area contributed by atoms with E-state index in [-0.39, 0.29) is 12.6 Å². The van der Waals surface area contributed by atoms with Gasteiger partial charge in [-0.3, -0.25) is 10.4 Å². The zero-order valence-electron chi connectivity index (χ0n) is 18.2. The van der Waals surface area contributed by atoms with E-state index in [9.17, 15) is 5.11 Å². The molecule has 1 aliphatic rings. The molecule has 7 nitrogen and oxygen atoms in total. The van der Waals surface area contributed by atoms with Gasteiger partial charge in [-0.2, -0.15) is 0 Å². The number of anilines is 2. The first kappa shape index (κ1) is 23.3. The van der Waals surface area contributed by atoms with Crippen LogP contribution in [0.15, 0.2) is 48.9 Å². The molecule has 0 aliphatic carbocycles. The predicted octanol–water partition coefficient (Wildman–Crippen LogP) is 3.06. The fourth-order valence-electron chi connectivity index (χ4n) is 4.11. The summed E-state index contributed by atoms with van der Waals surface area (Å²) in [4.78, 5) is 10.7. The highest BCUT2D eigenvalue weighted by molar-refractivity contribution is 6.35. The summed E-state index contributed by atoms with van der Waals surface area (Å²) in [5, 5.41) is 16.9. The molecule has 4 rings (SSSR count). The molecule has 9 heteroatoms. The van der Waals surface area contributed by atoms with Gasteiger partial charge in [-0.05, 0) is 50.1 Å². The van der Waals surface area contributed by atoms with Gasteiger partial charge in [-0.15, -0.1) is 0 Å². The highest BCUT2D eigenvalue weighted by Gasteiger charge is 2.25. The van der Waals surface area contributed by atoms with Crippen LogP contribution in [0.2, 0.25) is 10.0 Å². The van der Waals surface area contributed by atoms with Gasteiger partial charge in [0, 0.05) is 36.4 Å². The smallest absolute Gasteiger partial charge is 0.215 e. The summed E-state index contributed by atoms with van der Waals surface area (Å²) in [6.45, 7) is 2.86. The first-order valence-corrected chi connectivity index (χ1v) is 11.5. The zero-order valence-corrected chi connectivity index (χ0v) is 19.7. The fraction of sp³-hybridized carbons (Fsp3) is 0.292. The van der Waals surface area contributed by atoms with Crippen molar-refractivity contribution in [3.63, 3.8) is 0 Å². The van der Waals surface area contributed by atoms with Crippen LogP contribution in [0, 0.1) is 0 Å². The second kappa shape index (κ2) is 9.95. The number of aliphatic hydroxyl groups excluding tert-OH is 1. The highest BCUT2D eigenvalue weighted by Crippen LogP contribution is 2.33. The lowest BCUT2D eigenvalue weighted by atomic mass is 10.0. The Kier molecular flexibility index (Phi) is 7.02. The van der Waals surface area contributed by atoms with Crippen molar-refractivity contribution in [3.8, 4) is 5.75 Å². The van der Waals surface area contributed by atoms with Crippen molar-refractivity contribution in [2.75, 3.05) is 23.8 Å². The molecule has 33 heavy (non-hydrogen) atoms. The topological polar surface area (TPSA) is 110 Å². The normalized spacial score (nSPS) is 16.6. The number of benzene rings is 1. The minimum absolute atomic E-state index is 0.110. The molecule has 1 aliphatic heterocycles. The van der Waals surface area contributed by atoms with E-state index < -0.39 is 6.10 Å². The van der Waals surface area contributed by atoms with E-state index in [0.717, 1.165) is 30.8 Å². The van der Waals surface area contributed by atoms with Crippen molar-refractivity contribution in [2.45, 2.75) is 31.9 Å². The number of halogens is 2. The van der Waals surface area contributed by atoms with Crippen molar-refractivity contribution in [1.82, 2.24) is 9.97 Å².